The Bertz CT molecular complexity index is 708. The molecule has 3 atom stereocenters. The molecule has 7 heteroatoms. The molecule has 0 aliphatic carbocycles. The average molecular weight is 419 g/mol. The summed E-state index contributed by atoms with van der Waals surface area (Å²) in [5.74, 6) is 1.07. The molecule has 2 aliphatic heterocycles. The van der Waals surface area contributed by atoms with Gasteiger partial charge in [0.15, 0.2) is 0 Å². The van der Waals surface area contributed by atoms with Crippen LogP contribution in [0.3, 0.4) is 0 Å². The lowest BCUT2D eigenvalue weighted by Gasteiger charge is -2.39. The molecule has 2 saturated heterocycles. The maximum absolute atomic E-state index is 13.0. The van der Waals surface area contributed by atoms with Crippen molar-refractivity contribution in [2.75, 3.05) is 45.8 Å². The van der Waals surface area contributed by atoms with Crippen LogP contribution < -0.4 is 5.32 Å². The molecule has 3 rings (SSSR count). The van der Waals surface area contributed by atoms with Crippen LogP contribution in [-0.4, -0.2) is 78.4 Å². The van der Waals surface area contributed by atoms with Gasteiger partial charge in [0.25, 0.3) is 0 Å². The zero-order valence-corrected chi connectivity index (χ0v) is 18.4. The molecular formula is C23H35FN4O2. The molecule has 166 valence electrons. The number of likely N-dealkylation sites (tertiary alicyclic amines) is 1. The number of piperidine rings is 1. The largest absolute Gasteiger partial charge is 0.351 e. The molecule has 2 heterocycles. The molecule has 1 N–H and O–H groups in total. The predicted octanol–water partition coefficient (Wildman–Crippen LogP) is 1.95. The number of halogens is 1. The number of hydrogen-bond acceptors (Lipinski definition) is 4. The maximum Gasteiger partial charge on any atom is 0.237 e. The first-order valence-electron chi connectivity index (χ1n) is 11.1. The van der Waals surface area contributed by atoms with Crippen molar-refractivity contribution in [3.63, 3.8) is 0 Å². The van der Waals surface area contributed by atoms with Crippen molar-refractivity contribution in [3.05, 3.63) is 35.6 Å². The molecule has 0 saturated carbocycles. The number of hydrogen-bond donors (Lipinski definition) is 1. The number of amides is 2. The molecule has 30 heavy (non-hydrogen) atoms. The smallest absolute Gasteiger partial charge is 0.237 e. The molecule has 0 aromatic heterocycles. The van der Waals surface area contributed by atoms with Crippen molar-refractivity contribution in [1.29, 1.82) is 0 Å². The van der Waals surface area contributed by atoms with E-state index in [1.54, 1.807) is 12.1 Å². The van der Waals surface area contributed by atoms with E-state index in [0.29, 0.717) is 24.9 Å². The fourth-order valence-electron chi connectivity index (χ4n) is 4.57. The molecule has 1 aromatic carbocycles. The zero-order chi connectivity index (χ0) is 21.7. The van der Waals surface area contributed by atoms with E-state index in [-0.39, 0.29) is 23.7 Å². The van der Waals surface area contributed by atoms with Crippen molar-refractivity contribution in [2.24, 2.45) is 11.8 Å². The first-order chi connectivity index (χ1) is 14.3. The van der Waals surface area contributed by atoms with Crippen molar-refractivity contribution in [3.8, 4) is 0 Å². The van der Waals surface area contributed by atoms with E-state index in [1.807, 2.05) is 11.8 Å². The number of carbonyl (C=O) groups is 2. The Morgan fingerprint density at radius 2 is 1.67 bits per heavy atom. The van der Waals surface area contributed by atoms with Gasteiger partial charge in [0.2, 0.25) is 11.8 Å². The SMILES string of the molecule is CC1CC(C)CN(C(=O)CN2CCN(C(C)C(=O)NCc3ccc(F)cc3)CC2)C1. The lowest BCUT2D eigenvalue weighted by atomic mass is 9.92. The minimum atomic E-state index is -0.279. The molecule has 0 bridgehead atoms. The Labute approximate surface area is 179 Å². The van der Waals surface area contributed by atoms with Crippen LogP contribution >= 0.6 is 0 Å². The first kappa shape index (κ1) is 22.7. The van der Waals surface area contributed by atoms with Gasteiger partial charge in [-0.1, -0.05) is 26.0 Å². The number of rotatable bonds is 6. The van der Waals surface area contributed by atoms with Crippen LogP contribution in [0.5, 0.6) is 0 Å². The van der Waals surface area contributed by atoms with Crippen LogP contribution in [-0.2, 0) is 16.1 Å². The van der Waals surface area contributed by atoms with Crippen LogP contribution in [0, 0.1) is 17.7 Å². The molecule has 2 aliphatic rings. The van der Waals surface area contributed by atoms with Gasteiger partial charge < -0.3 is 10.2 Å². The number of benzene rings is 1. The topological polar surface area (TPSA) is 55.9 Å². The Morgan fingerprint density at radius 3 is 2.27 bits per heavy atom. The zero-order valence-electron chi connectivity index (χ0n) is 18.4. The summed E-state index contributed by atoms with van der Waals surface area (Å²) in [5.41, 5.74) is 0.877. The summed E-state index contributed by atoms with van der Waals surface area (Å²) in [6.07, 6.45) is 1.20. The molecule has 6 nitrogen and oxygen atoms in total. The second-order valence-electron chi connectivity index (χ2n) is 9.08. The second-order valence-corrected chi connectivity index (χ2v) is 9.08. The van der Waals surface area contributed by atoms with Crippen LogP contribution in [0.15, 0.2) is 24.3 Å². The molecular weight excluding hydrogens is 383 g/mol. The van der Waals surface area contributed by atoms with Crippen molar-refractivity contribution in [1.82, 2.24) is 20.0 Å². The van der Waals surface area contributed by atoms with Crippen molar-refractivity contribution in [2.45, 2.75) is 39.8 Å². The highest BCUT2D eigenvalue weighted by Crippen LogP contribution is 2.21. The van der Waals surface area contributed by atoms with Gasteiger partial charge >= 0.3 is 0 Å². The summed E-state index contributed by atoms with van der Waals surface area (Å²) in [4.78, 5) is 31.6. The van der Waals surface area contributed by atoms with E-state index < -0.39 is 0 Å². The minimum Gasteiger partial charge on any atom is -0.351 e. The first-order valence-corrected chi connectivity index (χ1v) is 11.1. The maximum atomic E-state index is 13.0. The normalized spacial score (nSPS) is 24.5. The molecule has 1 aromatic rings. The summed E-state index contributed by atoms with van der Waals surface area (Å²) >= 11 is 0. The van der Waals surface area contributed by atoms with Gasteiger partial charge in [-0.05, 0) is 42.9 Å². The van der Waals surface area contributed by atoms with E-state index in [4.69, 9.17) is 0 Å². The molecule has 0 spiro atoms. The van der Waals surface area contributed by atoms with Gasteiger partial charge in [-0.25, -0.2) is 4.39 Å². The molecule has 3 unspecified atom stereocenters. The number of nitrogens with zero attached hydrogens (tertiary/aromatic N) is 3. The summed E-state index contributed by atoms with van der Waals surface area (Å²) in [5, 5.41) is 2.93. The highest BCUT2D eigenvalue weighted by molar-refractivity contribution is 5.81. The minimum absolute atomic E-state index is 0.0276. The van der Waals surface area contributed by atoms with Gasteiger partial charge in [0.05, 0.1) is 12.6 Å². The van der Waals surface area contributed by atoms with E-state index in [9.17, 15) is 14.0 Å². The summed E-state index contributed by atoms with van der Waals surface area (Å²) in [7, 11) is 0. The molecule has 2 amide bonds. The van der Waals surface area contributed by atoms with Crippen molar-refractivity contribution < 1.29 is 14.0 Å². The fourth-order valence-corrected chi connectivity index (χ4v) is 4.57. The van der Waals surface area contributed by atoms with Gasteiger partial charge in [-0.3, -0.25) is 19.4 Å². The number of nitrogens with one attached hydrogen (secondary N) is 1. The van der Waals surface area contributed by atoms with E-state index in [1.165, 1.54) is 18.6 Å². The Hall–Kier alpha value is -1.99. The Balaban J connectivity index is 1.40. The lowest BCUT2D eigenvalue weighted by Crippen LogP contribution is -2.55. The number of piperazine rings is 1. The fraction of sp³-hybridized carbons (Fsp3) is 0.652. The quantitative estimate of drug-likeness (QED) is 0.767. The van der Waals surface area contributed by atoms with Crippen molar-refractivity contribution >= 4 is 11.8 Å². The van der Waals surface area contributed by atoms with E-state index in [0.717, 1.165) is 44.8 Å². The highest BCUT2D eigenvalue weighted by atomic mass is 19.1. The lowest BCUT2D eigenvalue weighted by molar-refractivity contribution is -0.136. The third kappa shape index (κ3) is 6.25. The van der Waals surface area contributed by atoms with Gasteiger partial charge in [-0.2, -0.15) is 0 Å². The summed E-state index contributed by atoms with van der Waals surface area (Å²) in [6, 6.07) is 5.93. The molecule has 2 fully saturated rings. The summed E-state index contributed by atoms with van der Waals surface area (Å²) in [6.45, 7) is 12.1. The second kappa shape index (κ2) is 10.4. The van der Waals surface area contributed by atoms with Crippen LogP contribution in [0.2, 0.25) is 0 Å². The van der Waals surface area contributed by atoms with Gasteiger partial charge in [0, 0.05) is 45.8 Å². The molecule has 0 radical (unpaired) electrons. The standard InChI is InChI=1S/C23H35FN4O2/c1-17-12-18(2)15-28(14-17)22(29)16-26-8-10-27(11-9-26)19(3)23(30)25-13-20-4-6-21(24)7-5-20/h4-7,17-19H,8-16H2,1-3H3,(H,25,30). The predicted molar refractivity (Wildman–Crippen MR) is 115 cm³/mol. The van der Waals surface area contributed by atoms with Crippen LogP contribution in [0.1, 0.15) is 32.8 Å². The van der Waals surface area contributed by atoms with Crippen LogP contribution in [0.25, 0.3) is 0 Å². The monoisotopic (exact) mass is 418 g/mol. The van der Waals surface area contributed by atoms with Gasteiger partial charge in [0.1, 0.15) is 5.82 Å². The highest BCUT2D eigenvalue weighted by Gasteiger charge is 2.29. The van der Waals surface area contributed by atoms with E-state index >= 15 is 0 Å². The van der Waals surface area contributed by atoms with Gasteiger partial charge in [-0.15, -0.1) is 0 Å². The third-order valence-corrected chi connectivity index (χ3v) is 6.29. The Kier molecular flexibility index (Phi) is 7.83. The average Bonchev–Trinajstić information content (AvgIpc) is 2.72. The van der Waals surface area contributed by atoms with E-state index in [2.05, 4.69) is 29.0 Å². The van der Waals surface area contributed by atoms with Crippen LogP contribution in [0.4, 0.5) is 4.39 Å². The number of carbonyl (C=O) groups excluding carboxylic acids is 2. The Morgan fingerprint density at radius 1 is 1.07 bits per heavy atom. The summed E-state index contributed by atoms with van der Waals surface area (Å²) < 4.78 is 13.0. The third-order valence-electron chi connectivity index (χ3n) is 6.29.